The van der Waals surface area contributed by atoms with Gasteiger partial charge in [0.25, 0.3) is 5.91 Å². The van der Waals surface area contributed by atoms with Gasteiger partial charge in [0.2, 0.25) is 10.0 Å². The summed E-state index contributed by atoms with van der Waals surface area (Å²) < 4.78 is 57.0. The summed E-state index contributed by atoms with van der Waals surface area (Å²) in [4.78, 5) is 12.4. The lowest BCUT2D eigenvalue weighted by Crippen LogP contribution is -2.52. The van der Waals surface area contributed by atoms with Gasteiger partial charge in [-0.25, -0.2) is 16.8 Å². The molecule has 2 heterocycles. The van der Waals surface area contributed by atoms with Crippen LogP contribution in [0.15, 0.2) is 24.3 Å². The van der Waals surface area contributed by atoms with Gasteiger partial charge in [-0.3, -0.25) is 9.10 Å². The van der Waals surface area contributed by atoms with Gasteiger partial charge in [-0.1, -0.05) is 19.1 Å². The van der Waals surface area contributed by atoms with E-state index in [2.05, 4.69) is 5.32 Å². The number of nitrogens with zero attached hydrogens (tertiary/aromatic N) is 1. The van der Waals surface area contributed by atoms with Gasteiger partial charge in [-0.05, 0) is 37.3 Å². The van der Waals surface area contributed by atoms with E-state index in [9.17, 15) is 21.6 Å². The molecule has 0 saturated carbocycles. The number of nitrogens with one attached hydrogen (secondary N) is 1. The Morgan fingerprint density at radius 2 is 2.07 bits per heavy atom. The molecule has 156 valence electrons. The molecular weight excluding hydrogens is 404 g/mol. The van der Waals surface area contributed by atoms with Crippen molar-refractivity contribution in [3.8, 4) is 5.75 Å². The molecule has 0 aliphatic carbocycles. The molecule has 3 rings (SSSR count). The van der Waals surface area contributed by atoms with Crippen LogP contribution >= 0.6 is 0 Å². The van der Waals surface area contributed by atoms with E-state index in [1.165, 1.54) is 4.31 Å². The minimum Gasteiger partial charge on any atom is -0.476 e. The van der Waals surface area contributed by atoms with Crippen molar-refractivity contribution in [2.75, 3.05) is 34.7 Å². The maximum absolute atomic E-state index is 13.2. The predicted molar refractivity (Wildman–Crippen MR) is 107 cm³/mol. The number of hydrogen-bond acceptors (Lipinski definition) is 6. The SMILES string of the molecule is CCCNC(=O)C1CN(S(=O)(=O)CC2CCCS(=O)(=O)C2)c2ccccc2O1. The molecule has 8 nitrogen and oxygen atoms in total. The van der Waals surface area contributed by atoms with Crippen molar-refractivity contribution in [3.05, 3.63) is 24.3 Å². The third-order valence-electron chi connectivity index (χ3n) is 4.92. The monoisotopic (exact) mass is 430 g/mol. The highest BCUT2D eigenvalue weighted by molar-refractivity contribution is 7.93. The van der Waals surface area contributed by atoms with Crippen molar-refractivity contribution in [3.63, 3.8) is 0 Å². The predicted octanol–water partition coefficient (Wildman–Crippen LogP) is 0.935. The summed E-state index contributed by atoms with van der Waals surface area (Å²) in [6, 6.07) is 6.67. The normalized spacial score (nSPS) is 24.1. The second kappa shape index (κ2) is 8.28. The third kappa shape index (κ3) is 4.78. The minimum atomic E-state index is -3.82. The number of sulfone groups is 1. The van der Waals surface area contributed by atoms with Crippen LogP contribution in [-0.2, 0) is 24.7 Å². The number of para-hydroxylation sites is 2. The van der Waals surface area contributed by atoms with Crippen LogP contribution in [0.3, 0.4) is 0 Å². The van der Waals surface area contributed by atoms with Crippen LogP contribution in [0, 0.1) is 5.92 Å². The molecule has 1 N–H and O–H groups in total. The van der Waals surface area contributed by atoms with E-state index < -0.39 is 31.9 Å². The summed E-state index contributed by atoms with van der Waals surface area (Å²) in [7, 11) is -7.03. The van der Waals surface area contributed by atoms with Gasteiger partial charge in [0.1, 0.15) is 5.75 Å². The van der Waals surface area contributed by atoms with Crippen molar-refractivity contribution < 1.29 is 26.4 Å². The molecule has 0 aromatic heterocycles. The zero-order valence-electron chi connectivity index (χ0n) is 15.8. The fraction of sp³-hybridized carbons (Fsp3) is 0.611. The number of amides is 1. The second-order valence-electron chi connectivity index (χ2n) is 7.30. The topological polar surface area (TPSA) is 110 Å². The Morgan fingerprint density at radius 3 is 2.79 bits per heavy atom. The molecule has 1 amide bonds. The van der Waals surface area contributed by atoms with E-state index in [-0.39, 0.29) is 29.7 Å². The van der Waals surface area contributed by atoms with Crippen LogP contribution in [0.2, 0.25) is 0 Å². The maximum Gasteiger partial charge on any atom is 0.263 e. The molecule has 1 aromatic carbocycles. The Bertz CT molecular complexity index is 929. The number of rotatable bonds is 6. The Balaban J connectivity index is 1.84. The van der Waals surface area contributed by atoms with Gasteiger partial charge in [0.05, 0.1) is 29.5 Å². The molecule has 2 unspecified atom stereocenters. The zero-order chi connectivity index (χ0) is 20.4. The van der Waals surface area contributed by atoms with Crippen LogP contribution in [-0.4, -0.2) is 59.2 Å². The molecule has 28 heavy (non-hydrogen) atoms. The fourth-order valence-corrected chi connectivity index (χ4v) is 7.40. The van der Waals surface area contributed by atoms with Gasteiger partial charge in [-0.15, -0.1) is 0 Å². The van der Waals surface area contributed by atoms with Crippen LogP contribution in [0.4, 0.5) is 5.69 Å². The molecule has 2 aliphatic rings. The number of ether oxygens (including phenoxy) is 1. The van der Waals surface area contributed by atoms with E-state index in [4.69, 9.17) is 4.74 Å². The van der Waals surface area contributed by atoms with Crippen LogP contribution < -0.4 is 14.4 Å². The Labute approximate surface area is 166 Å². The molecule has 0 bridgehead atoms. The highest BCUT2D eigenvalue weighted by Gasteiger charge is 2.38. The van der Waals surface area contributed by atoms with Crippen LogP contribution in [0.1, 0.15) is 26.2 Å². The van der Waals surface area contributed by atoms with Gasteiger partial charge in [0, 0.05) is 6.54 Å². The first kappa shape index (κ1) is 20.9. The summed E-state index contributed by atoms with van der Waals surface area (Å²) in [6.07, 6.45) is 0.842. The number of carbonyl (C=O) groups is 1. The van der Waals surface area contributed by atoms with E-state index in [0.717, 1.165) is 6.42 Å². The summed E-state index contributed by atoms with van der Waals surface area (Å²) in [5.74, 6) is -0.736. The molecule has 10 heteroatoms. The highest BCUT2D eigenvalue weighted by Crippen LogP contribution is 2.36. The first-order chi connectivity index (χ1) is 13.2. The third-order valence-corrected chi connectivity index (χ3v) is 8.72. The van der Waals surface area contributed by atoms with E-state index >= 15 is 0 Å². The smallest absolute Gasteiger partial charge is 0.263 e. The number of hydrogen-bond donors (Lipinski definition) is 1. The summed E-state index contributed by atoms with van der Waals surface area (Å²) in [5, 5.41) is 2.73. The lowest BCUT2D eigenvalue weighted by atomic mass is 10.1. The standard InChI is InChI=1S/C18H26N2O6S2/c1-2-9-19-18(21)17-11-20(15-7-3-4-8-16(15)26-17)28(24,25)13-14-6-5-10-27(22,23)12-14/h3-4,7-8,14,17H,2,5-6,9-13H2,1H3,(H,19,21). The van der Waals surface area contributed by atoms with Gasteiger partial charge >= 0.3 is 0 Å². The number of sulfonamides is 1. The molecule has 2 atom stereocenters. The van der Waals surface area contributed by atoms with E-state index in [1.807, 2.05) is 6.92 Å². The van der Waals surface area contributed by atoms with Crippen LogP contribution in [0.5, 0.6) is 5.75 Å². The van der Waals surface area contributed by atoms with Crippen molar-refractivity contribution in [1.82, 2.24) is 5.32 Å². The van der Waals surface area contributed by atoms with Crippen molar-refractivity contribution in [2.24, 2.45) is 5.92 Å². The van der Waals surface area contributed by atoms with Crippen LogP contribution in [0.25, 0.3) is 0 Å². The maximum atomic E-state index is 13.2. The zero-order valence-corrected chi connectivity index (χ0v) is 17.5. The van der Waals surface area contributed by atoms with Gasteiger partial charge in [0.15, 0.2) is 15.9 Å². The molecule has 1 fully saturated rings. The average Bonchev–Trinajstić information content (AvgIpc) is 2.64. The van der Waals surface area contributed by atoms with Gasteiger partial charge < -0.3 is 10.1 Å². The molecule has 0 spiro atoms. The van der Waals surface area contributed by atoms with E-state index in [1.54, 1.807) is 24.3 Å². The summed E-state index contributed by atoms with van der Waals surface area (Å²) >= 11 is 0. The molecule has 2 aliphatic heterocycles. The number of benzene rings is 1. The van der Waals surface area contributed by atoms with Crippen molar-refractivity contribution >= 4 is 31.5 Å². The molecular formula is C18H26N2O6S2. The quantitative estimate of drug-likeness (QED) is 0.719. The Hall–Kier alpha value is -1.81. The van der Waals surface area contributed by atoms with E-state index in [0.29, 0.717) is 30.8 Å². The van der Waals surface area contributed by atoms with Crippen molar-refractivity contribution in [1.29, 1.82) is 0 Å². The van der Waals surface area contributed by atoms with Crippen molar-refractivity contribution in [2.45, 2.75) is 32.3 Å². The van der Waals surface area contributed by atoms with Gasteiger partial charge in [-0.2, -0.15) is 0 Å². The first-order valence-corrected chi connectivity index (χ1v) is 12.9. The number of fused-ring (bicyclic) bond motifs is 1. The minimum absolute atomic E-state index is 0.112. The summed E-state index contributed by atoms with van der Waals surface area (Å²) in [5.41, 5.74) is 0.376. The number of anilines is 1. The Morgan fingerprint density at radius 1 is 1.32 bits per heavy atom. The fourth-order valence-electron chi connectivity index (χ4n) is 3.60. The second-order valence-corrected chi connectivity index (χ2v) is 11.5. The lowest BCUT2D eigenvalue weighted by Gasteiger charge is -2.35. The molecule has 0 radical (unpaired) electrons. The Kier molecular flexibility index (Phi) is 6.18. The molecule has 1 aromatic rings. The highest BCUT2D eigenvalue weighted by atomic mass is 32.2. The summed E-state index contributed by atoms with van der Waals surface area (Å²) in [6.45, 7) is 2.27. The largest absolute Gasteiger partial charge is 0.476 e. The number of carbonyl (C=O) groups excluding carboxylic acids is 1. The lowest BCUT2D eigenvalue weighted by molar-refractivity contribution is -0.127. The first-order valence-electron chi connectivity index (χ1n) is 9.46. The molecule has 1 saturated heterocycles. The average molecular weight is 431 g/mol.